The molecule has 1 aromatic rings. The summed E-state index contributed by atoms with van der Waals surface area (Å²) in [6.45, 7) is 5.72. The molecule has 0 atom stereocenters. The zero-order valence-electron chi connectivity index (χ0n) is 9.29. The third kappa shape index (κ3) is 2.04. The lowest BCUT2D eigenvalue weighted by Gasteiger charge is -2.31. The first-order valence-corrected chi connectivity index (χ1v) is 5.26. The minimum atomic E-state index is 0.745. The van der Waals surface area contributed by atoms with Crippen LogP contribution >= 0.6 is 0 Å². The molecule has 0 bridgehead atoms. The third-order valence-electron chi connectivity index (χ3n) is 2.69. The molecule has 1 aliphatic heterocycles. The molecule has 4 nitrogen and oxygen atoms in total. The first-order valence-electron chi connectivity index (χ1n) is 5.26. The van der Waals surface area contributed by atoms with Crippen molar-refractivity contribution < 1.29 is 4.74 Å². The molecule has 82 valence electrons. The molecule has 1 aliphatic rings. The van der Waals surface area contributed by atoms with Crippen LogP contribution in [0.25, 0.3) is 0 Å². The molecule has 0 aromatic carbocycles. The summed E-state index contributed by atoms with van der Waals surface area (Å²) in [4.78, 5) is 6.69. The second kappa shape index (κ2) is 4.49. The molecule has 0 radical (unpaired) electrons. The lowest BCUT2D eigenvalue weighted by molar-refractivity contribution is 0.205. The summed E-state index contributed by atoms with van der Waals surface area (Å²) in [6, 6.07) is 2.03. The highest BCUT2D eigenvalue weighted by Crippen LogP contribution is 2.28. The number of ether oxygens (including phenoxy) is 1. The summed E-state index contributed by atoms with van der Waals surface area (Å²) >= 11 is 0. The molecular formula is C11H17N3O. The third-order valence-corrected chi connectivity index (χ3v) is 2.69. The van der Waals surface area contributed by atoms with Crippen molar-refractivity contribution in [2.45, 2.75) is 6.92 Å². The van der Waals surface area contributed by atoms with E-state index in [9.17, 15) is 0 Å². The largest absolute Gasteiger partial charge is 0.383 e. The van der Waals surface area contributed by atoms with Gasteiger partial charge in [0.1, 0.15) is 0 Å². The summed E-state index contributed by atoms with van der Waals surface area (Å²) in [5.74, 6) is 1.05. The van der Waals surface area contributed by atoms with Crippen LogP contribution in [0.15, 0.2) is 12.3 Å². The van der Waals surface area contributed by atoms with Gasteiger partial charge in [0.05, 0.1) is 12.3 Å². The Hall–Kier alpha value is -1.29. The predicted octanol–water partition coefficient (Wildman–Crippen LogP) is 1.27. The van der Waals surface area contributed by atoms with Crippen molar-refractivity contribution in [3.63, 3.8) is 0 Å². The Kier molecular flexibility index (Phi) is 3.06. The van der Waals surface area contributed by atoms with E-state index in [1.54, 1.807) is 7.11 Å². The number of hydrogen-bond acceptors (Lipinski definition) is 4. The molecule has 0 amide bonds. The molecule has 2 rings (SSSR count). The van der Waals surface area contributed by atoms with Crippen LogP contribution in [0.2, 0.25) is 0 Å². The summed E-state index contributed by atoms with van der Waals surface area (Å²) in [7, 11) is 1.73. The quantitative estimate of drug-likeness (QED) is 0.810. The van der Waals surface area contributed by atoms with E-state index in [1.807, 2.05) is 12.3 Å². The van der Waals surface area contributed by atoms with Crippen LogP contribution in [0.5, 0.6) is 0 Å². The highest BCUT2D eigenvalue weighted by atomic mass is 16.5. The van der Waals surface area contributed by atoms with E-state index in [2.05, 4.69) is 22.1 Å². The Morgan fingerprint density at radius 3 is 3.27 bits per heavy atom. The highest BCUT2D eigenvalue weighted by Gasteiger charge is 2.18. The van der Waals surface area contributed by atoms with Crippen LogP contribution in [-0.4, -0.2) is 38.3 Å². The maximum atomic E-state index is 5.10. The molecule has 0 fully saturated rings. The van der Waals surface area contributed by atoms with Gasteiger partial charge in [0.2, 0.25) is 0 Å². The first kappa shape index (κ1) is 10.2. The van der Waals surface area contributed by atoms with Crippen molar-refractivity contribution >= 4 is 11.5 Å². The van der Waals surface area contributed by atoms with Crippen molar-refractivity contribution in [3.8, 4) is 0 Å². The molecule has 0 aliphatic carbocycles. The SMILES string of the molecule is COCCN1CCNc2c(C)ccnc21. The molecule has 0 spiro atoms. The fraction of sp³-hybridized carbons (Fsp3) is 0.545. The van der Waals surface area contributed by atoms with Crippen molar-refractivity contribution in [3.05, 3.63) is 17.8 Å². The topological polar surface area (TPSA) is 37.4 Å². The Labute approximate surface area is 90.3 Å². The average Bonchev–Trinajstić information content (AvgIpc) is 2.27. The predicted molar refractivity (Wildman–Crippen MR) is 61.6 cm³/mol. The van der Waals surface area contributed by atoms with Crippen molar-refractivity contribution in [1.29, 1.82) is 0 Å². The van der Waals surface area contributed by atoms with E-state index in [1.165, 1.54) is 11.3 Å². The smallest absolute Gasteiger partial charge is 0.152 e. The molecule has 4 heteroatoms. The average molecular weight is 207 g/mol. The Morgan fingerprint density at radius 2 is 2.47 bits per heavy atom. The van der Waals surface area contributed by atoms with Gasteiger partial charge in [-0.25, -0.2) is 4.98 Å². The van der Waals surface area contributed by atoms with Gasteiger partial charge in [0.15, 0.2) is 5.82 Å². The number of hydrogen-bond donors (Lipinski definition) is 1. The molecule has 0 saturated heterocycles. The van der Waals surface area contributed by atoms with Gasteiger partial charge in [0.25, 0.3) is 0 Å². The monoisotopic (exact) mass is 207 g/mol. The van der Waals surface area contributed by atoms with E-state index < -0.39 is 0 Å². The van der Waals surface area contributed by atoms with Crippen molar-refractivity contribution in [2.75, 3.05) is 43.6 Å². The number of aryl methyl sites for hydroxylation is 1. The van der Waals surface area contributed by atoms with E-state index in [-0.39, 0.29) is 0 Å². The number of methoxy groups -OCH3 is 1. The number of aromatic nitrogens is 1. The molecule has 1 N–H and O–H groups in total. The standard InChI is InChI=1S/C11H17N3O/c1-9-3-4-13-11-10(9)12-5-6-14(11)7-8-15-2/h3-4,12H,5-8H2,1-2H3. The van der Waals surface area contributed by atoms with E-state index in [0.29, 0.717) is 0 Å². The van der Waals surface area contributed by atoms with Crippen molar-refractivity contribution in [1.82, 2.24) is 4.98 Å². The normalized spacial score (nSPS) is 14.7. The summed E-state index contributed by atoms with van der Waals surface area (Å²) in [5, 5.41) is 3.39. The number of anilines is 2. The zero-order valence-corrected chi connectivity index (χ0v) is 9.29. The van der Waals surface area contributed by atoms with Crippen LogP contribution in [0.3, 0.4) is 0 Å². The molecular weight excluding hydrogens is 190 g/mol. The second-order valence-corrected chi connectivity index (χ2v) is 3.73. The second-order valence-electron chi connectivity index (χ2n) is 3.73. The first-order chi connectivity index (χ1) is 7.33. The number of nitrogens with one attached hydrogen (secondary N) is 1. The Balaban J connectivity index is 2.22. The van der Waals surface area contributed by atoms with E-state index >= 15 is 0 Å². The lowest BCUT2D eigenvalue weighted by Crippen LogP contribution is -2.37. The fourth-order valence-electron chi connectivity index (χ4n) is 1.84. The van der Waals surface area contributed by atoms with Gasteiger partial charge in [-0.1, -0.05) is 0 Å². The highest BCUT2D eigenvalue weighted by molar-refractivity contribution is 5.71. The summed E-state index contributed by atoms with van der Waals surface area (Å²) in [5.41, 5.74) is 2.42. The van der Waals surface area contributed by atoms with E-state index in [0.717, 1.165) is 32.1 Å². The number of rotatable bonds is 3. The zero-order chi connectivity index (χ0) is 10.7. The molecule has 2 heterocycles. The van der Waals surface area contributed by atoms with Crippen LogP contribution in [0, 0.1) is 6.92 Å². The Morgan fingerprint density at radius 1 is 1.60 bits per heavy atom. The summed E-state index contributed by atoms with van der Waals surface area (Å²) in [6.07, 6.45) is 1.86. The van der Waals surface area contributed by atoms with Gasteiger partial charge in [0, 0.05) is 32.9 Å². The number of pyridine rings is 1. The molecule has 1 aromatic heterocycles. The van der Waals surface area contributed by atoms with E-state index in [4.69, 9.17) is 4.74 Å². The minimum Gasteiger partial charge on any atom is -0.383 e. The Bertz CT molecular complexity index is 341. The van der Waals surface area contributed by atoms with Gasteiger partial charge < -0.3 is 15.0 Å². The van der Waals surface area contributed by atoms with Gasteiger partial charge >= 0.3 is 0 Å². The van der Waals surface area contributed by atoms with Gasteiger partial charge in [-0.05, 0) is 18.6 Å². The maximum absolute atomic E-state index is 5.10. The van der Waals surface area contributed by atoms with Gasteiger partial charge in [-0.3, -0.25) is 0 Å². The van der Waals surface area contributed by atoms with Crippen LogP contribution in [0.4, 0.5) is 11.5 Å². The van der Waals surface area contributed by atoms with Crippen molar-refractivity contribution in [2.24, 2.45) is 0 Å². The van der Waals surface area contributed by atoms with Crippen LogP contribution < -0.4 is 10.2 Å². The van der Waals surface area contributed by atoms with Crippen LogP contribution in [-0.2, 0) is 4.74 Å². The minimum absolute atomic E-state index is 0.745. The summed E-state index contributed by atoms with van der Waals surface area (Å²) < 4.78 is 5.10. The fourth-order valence-corrected chi connectivity index (χ4v) is 1.84. The van der Waals surface area contributed by atoms with Gasteiger partial charge in [-0.15, -0.1) is 0 Å². The number of fused-ring (bicyclic) bond motifs is 1. The lowest BCUT2D eigenvalue weighted by atomic mass is 10.2. The number of nitrogens with zero attached hydrogens (tertiary/aromatic N) is 2. The van der Waals surface area contributed by atoms with Gasteiger partial charge in [-0.2, -0.15) is 0 Å². The molecule has 0 saturated carbocycles. The molecule has 0 unspecified atom stereocenters. The maximum Gasteiger partial charge on any atom is 0.152 e. The molecule has 15 heavy (non-hydrogen) atoms. The van der Waals surface area contributed by atoms with Crippen LogP contribution in [0.1, 0.15) is 5.56 Å².